The van der Waals surface area contributed by atoms with E-state index in [1.807, 2.05) is 32.0 Å². The predicted molar refractivity (Wildman–Crippen MR) is 60.1 cm³/mol. The third kappa shape index (κ3) is 2.11. The normalized spacial score (nSPS) is 12.5. The standard InChI is InChI=1S/C13H15F/c1-9(2)13(8-14)12-6-5-10(3)7-11(12)4/h5-7H,1,4,8H2,2-3H3/b13-12-. The number of hydrogen-bond donors (Lipinski definition) is 0. The van der Waals surface area contributed by atoms with Gasteiger partial charge in [0.15, 0.2) is 0 Å². The van der Waals surface area contributed by atoms with Crippen LogP contribution in [0, 0.1) is 6.92 Å². The van der Waals surface area contributed by atoms with Crippen molar-refractivity contribution in [3.05, 3.63) is 46.4 Å². The van der Waals surface area contributed by atoms with Crippen LogP contribution in [-0.4, -0.2) is 6.67 Å². The van der Waals surface area contributed by atoms with E-state index in [1.54, 1.807) is 0 Å². The highest BCUT2D eigenvalue weighted by atomic mass is 19.1. The maximum atomic E-state index is 12.7. The Labute approximate surface area is 84.1 Å². The summed E-state index contributed by atoms with van der Waals surface area (Å²) < 4.78 is 12.7. The summed E-state index contributed by atoms with van der Waals surface area (Å²) in [6, 6.07) is 5.82. The minimum atomic E-state index is -0.485. The van der Waals surface area contributed by atoms with Gasteiger partial charge in [0.05, 0.1) is 0 Å². The Hall–Kier alpha value is -1.37. The lowest BCUT2D eigenvalue weighted by Crippen LogP contribution is -2.26. The summed E-state index contributed by atoms with van der Waals surface area (Å²) in [5.41, 5.74) is 2.55. The summed E-state index contributed by atoms with van der Waals surface area (Å²) in [6.07, 6.45) is 0. The molecule has 0 bridgehead atoms. The fraction of sp³-hybridized carbons (Fsp3) is 0.231. The zero-order valence-electron chi connectivity index (χ0n) is 8.73. The molecule has 1 aromatic rings. The van der Waals surface area contributed by atoms with Gasteiger partial charge in [-0.25, -0.2) is 4.39 Å². The van der Waals surface area contributed by atoms with Gasteiger partial charge in [0.25, 0.3) is 0 Å². The van der Waals surface area contributed by atoms with E-state index in [4.69, 9.17) is 0 Å². The first-order valence-corrected chi connectivity index (χ1v) is 4.57. The average molecular weight is 190 g/mol. The Kier molecular flexibility index (Phi) is 3.23. The number of hydrogen-bond acceptors (Lipinski definition) is 0. The van der Waals surface area contributed by atoms with Crippen LogP contribution in [0.25, 0.3) is 12.2 Å². The molecule has 14 heavy (non-hydrogen) atoms. The van der Waals surface area contributed by atoms with Gasteiger partial charge in [0.2, 0.25) is 0 Å². The maximum Gasteiger partial charge on any atom is 0.115 e. The molecule has 0 saturated heterocycles. The van der Waals surface area contributed by atoms with E-state index in [0.29, 0.717) is 5.57 Å². The van der Waals surface area contributed by atoms with Crippen LogP contribution >= 0.6 is 0 Å². The maximum absolute atomic E-state index is 12.7. The molecule has 0 heterocycles. The minimum absolute atomic E-state index is 0.485. The number of benzene rings is 1. The number of allylic oxidation sites excluding steroid dienone is 1. The minimum Gasteiger partial charge on any atom is -0.246 e. The van der Waals surface area contributed by atoms with Crippen LogP contribution in [0.15, 0.2) is 30.4 Å². The average Bonchev–Trinajstić information content (AvgIpc) is 2.09. The summed E-state index contributed by atoms with van der Waals surface area (Å²) in [5.74, 6) is 0. The Bertz CT molecular complexity index is 455. The fourth-order valence-corrected chi connectivity index (χ4v) is 1.43. The molecule has 1 rings (SSSR count). The number of alkyl halides is 1. The molecule has 1 heteroatoms. The van der Waals surface area contributed by atoms with E-state index in [-0.39, 0.29) is 0 Å². The van der Waals surface area contributed by atoms with Gasteiger partial charge >= 0.3 is 0 Å². The number of halogens is 1. The summed E-state index contributed by atoms with van der Waals surface area (Å²) in [7, 11) is 0. The van der Waals surface area contributed by atoms with Crippen molar-refractivity contribution in [3.8, 4) is 0 Å². The third-order valence-corrected chi connectivity index (χ3v) is 2.23. The molecule has 0 N–H and O–H groups in total. The second-order valence-electron chi connectivity index (χ2n) is 3.55. The molecule has 0 atom stereocenters. The van der Waals surface area contributed by atoms with Gasteiger partial charge in [0.1, 0.15) is 6.67 Å². The predicted octanol–water partition coefficient (Wildman–Crippen LogP) is 2.10. The zero-order chi connectivity index (χ0) is 10.7. The largest absolute Gasteiger partial charge is 0.246 e. The first-order valence-electron chi connectivity index (χ1n) is 4.57. The van der Waals surface area contributed by atoms with Crippen LogP contribution < -0.4 is 10.4 Å². The molecule has 74 valence electrons. The SMILES string of the molecule is C=C(C)/C(CF)=c1/ccc(C)cc1=C. The number of rotatable bonds is 2. The topological polar surface area (TPSA) is 0 Å². The van der Waals surface area contributed by atoms with E-state index in [0.717, 1.165) is 21.6 Å². The Morgan fingerprint density at radius 2 is 2.07 bits per heavy atom. The van der Waals surface area contributed by atoms with E-state index in [9.17, 15) is 4.39 Å². The van der Waals surface area contributed by atoms with Gasteiger partial charge in [-0.1, -0.05) is 42.5 Å². The molecular weight excluding hydrogens is 175 g/mol. The summed E-state index contributed by atoms with van der Waals surface area (Å²) in [6.45, 7) is 11.0. The van der Waals surface area contributed by atoms with Crippen LogP contribution in [0.4, 0.5) is 4.39 Å². The van der Waals surface area contributed by atoms with Crippen LogP contribution in [-0.2, 0) is 0 Å². The fourth-order valence-electron chi connectivity index (χ4n) is 1.43. The molecule has 0 radical (unpaired) electrons. The Morgan fingerprint density at radius 3 is 2.50 bits per heavy atom. The molecule has 0 nitrogen and oxygen atoms in total. The summed E-state index contributed by atoms with van der Waals surface area (Å²) in [5, 5.41) is 1.73. The van der Waals surface area contributed by atoms with Crippen LogP contribution in [0.2, 0.25) is 0 Å². The van der Waals surface area contributed by atoms with E-state index in [2.05, 4.69) is 13.2 Å². The van der Waals surface area contributed by atoms with Gasteiger partial charge in [-0.3, -0.25) is 0 Å². The van der Waals surface area contributed by atoms with Gasteiger partial charge in [-0.05, 0) is 29.9 Å². The molecule has 0 spiro atoms. The summed E-state index contributed by atoms with van der Waals surface area (Å²) >= 11 is 0. The molecule has 0 aromatic heterocycles. The van der Waals surface area contributed by atoms with Gasteiger partial charge in [-0.2, -0.15) is 0 Å². The van der Waals surface area contributed by atoms with Gasteiger partial charge in [0, 0.05) is 0 Å². The van der Waals surface area contributed by atoms with E-state index < -0.39 is 6.67 Å². The van der Waals surface area contributed by atoms with Crippen molar-refractivity contribution in [1.82, 2.24) is 0 Å². The van der Waals surface area contributed by atoms with Crippen LogP contribution in [0.5, 0.6) is 0 Å². The summed E-state index contributed by atoms with van der Waals surface area (Å²) in [4.78, 5) is 0. The first kappa shape index (κ1) is 10.7. The monoisotopic (exact) mass is 190 g/mol. The lowest BCUT2D eigenvalue weighted by Gasteiger charge is -2.02. The second kappa shape index (κ2) is 4.23. The molecule has 0 fully saturated rings. The second-order valence-corrected chi connectivity index (χ2v) is 3.55. The first-order chi connectivity index (χ1) is 6.56. The lowest BCUT2D eigenvalue weighted by atomic mass is 10.0. The highest BCUT2D eigenvalue weighted by Crippen LogP contribution is 2.05. The van der Waals surface area contributed by atoms with Crippen molar-refractivity contribution in [2.45, 2.75) is 13.8 Å². The van der Waals surface area contributed by atoms with Crippen molar-refractivity contribution in [1.29, 1.82) is 0 Å². The van der Waals surface area contributed by atoms with Crippen molar-refractivity contribution < 1.29 is 4.39 Å². The molecule has 0 unspecified atom stereocenters. The quantitative estimate of drug-likeness (QED) is 0.670. The highest BCUT2D eigenvalue weighted by Gasteiger charge is 1.99. The van der Waals surface area contributed by atoms with Crippen molar-refractivity contribution in [2.75, 3.05) is 6.67 Å². The van der Waals surface area contributed by atoms with Crippen LogP contribution in [0.3, 0.4) is 0 Å². The van der Waals surface area contributed by atoms with Crippen LogP contribution in [0.1, 0.15) is 12.5 Å². The highest BCUT2D eigenvalue weighted by molar-refractivity contribution is 5.62. The molecule has 0 amide bonds. The third-order valence-electron chi connectivity index (χ3n) is 2.23. The molecule has 0 aliphatic rings. The van der Waals surface area contributed by atoms with E-state index >= 15 is 0 Å². The zero-order valence-corrected chi connectivity index (χ0v) is 8.73. The molecule has 1 aromatic carbocycles. The van der Waals surface area contributed by atoms with Gasteiger partial charge in [-0.15, -0.1) is 0 Å². The Morgan fingerprint density at radius 1 is 1.43 bits per heavy atom. The Balaban J connectivity index is 3.58. The van der Waals surface area contributed by atoms with E-state index in [1.165, 1.54) is 0 Å². The smallest absolute Gasteiger partial charge is 0.115 e. The molecule has 0 aliphatic carbocycles. The molecular formula is C13H15F. The lowest BCUT2D eigenvalue weighted by molar-refractivity contribution is 0.569. The van der Waals surface area contributed by atoms with Crippen molar-refractivity contribution in [2.24, 2.45) is 0 Å². The van der Waals surface area contributed by atoms with Gasteiger partial charge < -0.3 is 0 Å². The molecule has 0 saturated carbocycles. The van der Waals surface area contributed by atoms with Crippen molar-refractivity contribution >= 4 is 12.2 Å². The molecule has 0 aliphatic heterocycles. The number of aryl methyl sites for hydroxylation is 1. The van der Waals surface area contributed by atoms with Crippen molar-refractivity contribution in [3.63, 3.8) is 0 Å².